The number of hydrogen-bond donors (Lipinski definition) is 1. The first-order chi connectivity index (χ1) is 19.9. The second-order valence-electron chi connectivity index (χ2n) is 10.0. The molecule has 208 valence electrons. The van der Waals surface area contributed by atoms with Gasteiger partial charge < -0.3 is 14.8 Å². The Balaban J connectivity index is 1.76. The summed E-state index contributed by atoms with van der Waals surface area (Å²) in [5.41, 5.74) is 3.77. The van der Waals surface area contributed by atoms with Gasteiger partial charge in [0, 0.05) is 16.8 Å². The number of carbonyl (C=O) groups is 2. The Labute approximate surface area is 240 Å². The Morgan fingerprint density at radius 1 is 1.10 bits per heavy atom. The van der Waals surface area contributed by atoms with Gasteiger partial charge in [0.2, 0.25) is 0 Å². The summed E-state index contributed by atoms with van der Waals surface area (Å²) in [4.78, 5) is 46.6. The molecule has 8 nitrogen and oxygen atoms in total. The largest absolute Gasteiger partial charge is 0.496 e. The van der Waals surface area contributed by atoms with Crippen LogP contribution in [0.4, 0.5) is 5.69 Å². The number of thiazole rings is 1. The summed E-state index contributed by atoms with van der Waals surface area (Å²) in [6, 6.07) is 16.4. The molecule has 0 saturated carbocycles. The van der Waals surface area contributed by atoms with Crippen molar-refractivity contribution in [2.75, 3.05) is 19.0 Å². The van der Waals surface area contributed by atoms with Crippen LogP contribution in [0.25, 0.3) is 16.3 Å². The molecule has 0 bridgehead atoms. The van der Waals surface area contributed by atoms with Gasteiger partial charge in [-0.05, 0) is 49.2 Å². The molecule has 6 rings (SSSR count). The number of allylic oxidation sites excluding steroid dienone is 1. The minimum atomic E-state index is -0.872. The molecule has 2 aliphatic rings. The van der Waals surface area contributed by atoms with Gasteiger partial charge in [-0.3, -0.25) is 14.2 Å². The molecule has 1 amide bonds. The van der Waals surface area contributed by atoms with Gasteiger partial charge in [0.15, 0.2) is 4.80 Å². The van der Waals surface area contributed by atoms with Crippen LogP contribution in [0.5, 0.6) is 5.75 Å². The summed E-state index contributed by atoms with van der Waals surface area (Å²) < 4.78 is 13.2. The van der Waals surface area contributed by atoms with Gasteiger partial charge in [-0.2, -0.15) is 0 Å². The van der Waals surface area contributed by atoms with Crippen LogP contribution >= 0.6 is 11.3 Å². The fraction of sp³-hybridized carbons (Fsp3) is 0.250. The van der Waals surface area contributed by atoms with E-state index in [1.807, 2.05) is 68.4 Å². The average Bonchev–Trinajstić information content (AvgIpc) is 3.46. The number of fused-ring (bicyclic) bond motifs is 3. The van der Waals surface area contributed by atoms with Crippen molar-refractivity contribution in [2.45, 2.75) is 39.7 Å². The Morgan fingerprint density at radius 3 is 2.66 bits per heavy atom. The third-order valence-corrected chi connectivity index (χ3v) is 8.49. The lowest BCUT2D eigenvalue weighted by Crippen LogP contribution is -2.41. The minimum Gasteiger partial charge on any atom is -0.496 e. The molecule has 0 radical (unpaired) electrons. The van der Waals surface area contributed by atoms with E-state index in [4.69, 9.17) is 14.5 Å². The molecule has 2 aliphatic heterocycles. The van der Waals surface area contributed by atoms with Crippen LogP contribution in [0.15, 0.2) is 75.7 Å². The molecule has 3 aromatic carbocycles. The number of anilines is 1. The van der Waals surface area contributed by atoms with E-state index in [-0.39, 0.29) is 17.0 Å². The van der Waals surface area contributed by atoms with E-state index < -0.39 is 17.6 Å². The fourth-order valence-corrected chi connectivity index (χ4v) is 6.80. The standard InChI is InChI=1S/C32H29N3O5S/c1-5-9-22-26(31(38)40-6-2)27(24-19-11-8-7-10-18(19)13-15-23(24)39-4)35-30(37)28(41-32(35)34-22)25-20-16-17(3)12-14-21(20)33-29(25)36/h7-8,10-16,27H,5-6,9H2,1-4H3,(H,33,36)/b28-25-/t27-/m1/s1. The Morgan fingerprint density at radius 2 is 1.90 bits per heavy atom. The zero-order valence-corrected chi connectivity index (χ0v) is 24.1. The van der Waals surface area contributed by atoms with Gasteiger partial charge in [-0.15, -0.1) is 0 Å². The van der Waals surface area contributed by atoms with Crippen molar-refractivity contribution in [1.29, 1.82) is 0 Å². The first-order valence-corrected chi connectivity index (χ1v) is 14.4. The lowest BCUT2D eigenvalue weighted by atomic mass is 9.89. The van der Waals surface area contributed by atoms with Crippen molar-refractivity contribution in [3.63, 3.8) is 0 Å². The summed E-state index contributed by atoms with van der Waals surface area (Å²) >= 11 is 1.17. The highest BCUT2D eigenvalue weighted by Crippen LogP contribution is 2.41. The highest BCUT2D eigenvalue weighted by molar-refractivity contribution is 7.07. The topological polar surface area (TPSA) is 99.0 Å². The number of aromatic nitrogens is 1. The molecule has 0 unspecified atom stereocenters. The van der Waals surface area contributed by atoms with Gasteiger partial charge in [0.1, 0.15) is 16.3 Å². The number of methoxy groups -OCH3 is 1. The van der Waals surface area contributed by atoms with Gasteiger partial charge in [-0.1, -0.05) is 66.6 Å². The maximum Gasteiger partial charge on any atom is 0.338 e. The number of ether oxygens (including phenoxy) is 2. The predicted molar refractivity (Wildman–Crippen MR) is 159 cm³/mol. The Hall–Kier alpha value is -4.50. The number of carbonyl (C=O) groups excluding carboxylic acids is 2. The molecule has 9 heteroatoms. The van der Waals surface area contributed by atoms with Crippen molar-refractivity contribution in [2.24, 2.45) is 4.99 Å². The number of rotatable bonds is 6. The number of aryl methyl sites for hydroxylation is 1. The summed E-state index contributed by atoms with van der Waals surface area (Å²) in [6.45, 7) is 5.88. The van der Waals surface area contributed by atoms with Crippen LogP contribution < -0.4 is 24.9 Å². The van der Waals surface area contributed by atoms with Crippen LogP contribution in [0, 0.1) is 6.92 Å². The van der Waals surface area contributed by atoms with Crippen molar-refractivity contribution >= 4 is 45.2 Å². The number of benzene rings is 3. The molecule has 1 atom stereocenters. The molecule has 0 aliphatic carbocycles. The van der Waals surface area contributed by atoms with E-state index >= 15 is 0 Å². The zero-order valence-electron chi connectivity index (χ0n) is 23.2. The molecule has 4 aromatic rings. The molecular formula is C32H29N3O5S. The number of amides is 1. The molecular weight excluding hydrogens is 538 g/mol. The lowest BCUT2D eigenvalue weighted by Gasteiger charge is -2.28. The molecule has 0 spiro atoms. The van der Waals surface area contributed by atoms with Crippen LogP contribution in [-0.4, -0.2) is 30.2 Å². The Kier molecular flexibility index (Phi) is 6.83. The van der Waals surface area contributed by atoms with Crippen LogP contribution in [0.1, 0.15) is 49.4 Å². The van der Waals surface area contributed by atoms with Crippen LogP contribution in [0.2, 0.25) is 0 Å². The van der Waals surface area contributed by atoms with Crippen molar-refractivity contribution in [3.05, 3.63) is 102 Å². The number of esters is 1. The quantitative estimate of drug-likeness (QED) is 0.349. The van der Waals surface area contributed by atoms with Gasteiger partial charge >= 0.3 is 5.97 Å². The summed E-state index contributed by atoms with van der Waals surface area (Å²) in [5.74, 6) is -0.336. The molecule has 41 heavy (non-hydrogen) atoms. The van der Waals surface area contributed by atoms with E-state index in [0.29, 0.717) is 50.6 Å². The van der Waals surface area contributed by atoms with E-state index in [0.717, 1.165) is 22.8 Å². The highest BCUT2D eigenvalue weighted by Gasteiger charge is 2.38. The lowest BCUT2D eigenvalue weighted by molar-refractivity contribution is -0.139. The van der Waals surface area contributed by atoms with E-state index in [1.54, 1.807) is 14.0 Å². The second kappa shape index (κ2) is 10.5. The van der Waals surface area contributed by atoms with Gasteiger partial charge in [0.05, 0.1) is 30.6 Å². The van der Waals surface area contributed by atoms with Crippen LogP contribution in [0.3, 0.4) is 0 Å². The van der Waals surface area contributed by atoms with E-state index in [1.165, 1.54) is 15.9 Å². The van der Waals surface area contributed by atoms with Crippen molar-refractivity contribution < 1.29 is 19.1 Å². The normalized spacial score (nSPS) is 17.2. The third-order valence-electron chi connectivity index (χ3n) is 7.44. The van der Waals surface area contributed by atoms with Crippen molar-refractivity contribution in [1.82, 2.24) is 4.57 Å². The SMILES string of the molecule is CCCC1=C(C(=O)OCC)[C@@H](c2c(OC)ccc3ccccc23)n2c(s/c(=C3\C(=O)Nc4ccc(C)cc43)c2=O)=N1. The van der Waals surface area contributed by atoms with E-state index in [9.17, 15) is 14.4 Å². The van der Waals surface area contributed by atoms with E-state index in [2.05, 4.69) is 5.32 Å². The predicted octanol–water partition coefficient (Wildman–Crippen LogP) is 4.37. The van der Waals surface area contributed by atoms with Gasteiger partial charge in [0.25, 0.3) is 11.5 Å². The van der Waals surface area contributed by atoms with Crippen LogP contribution in [-0.2, 0) is 14.3 Å². The third kappa shape index (κ3) is 4.28. The maximum absolute atomic E-state index is 14.4. The minimum absolute atomic E-state index is 0.173. The monoisotopic (exact) mass is 567 g/mol. The average molecular weight is 568 g/mol. The number of hydrogen-bond acceptors (Lipinski definition) is 7. The highest BCUT2D eigenvalue weighted by atomic mass is 32.1. The first kappa shape index (κ1) is 26.7. The fourth-order valence-electron chi connectivity index (χ4n) is 5.69. The first-order valence-electron chi connectivity index (χ1n) is 13.6. The van der Waals surface area contributed by atoms with Gasteiger partial charge in [-0.25, -0.2) is 9.79 Å². The summed E-state index contributed by atoms with van der Waals surface area (Å²) in [6.07, 6.45) is 1.24. The molecule has 1 N–H and O–H groups in total. The van der Waals surface area contributed by atoms with Crippen molar-refractivity contribution in [3.8, 4) is 5.75 Å². The summed E-state index contributed by atoms with van der Waals surface area (Å²) in [5, 5.41) is 4.66. The maximum atomic E-state index is 14.4. The zero-order chi connectivity index (χ0) is 28.8. The molecule has 1 aromatic heterocycles. The molecule has 0 fully saturated rings. The number of nitrogens with zero attached hydrogens (tertiary/aromatic N) is 2. The number of nitrogens with one attached hydrogen (secondary N) is 1. The smallest absolute Gasteiger partial charge is 0.338 e. The second-order valence-corrected chi connectivity index (χ2v) is 11.0. The molecule has 0 saturated heterocycles. The summed E-state index contributed by atoms with van der Waals surface area (Å²) in [7, 11) is 1.57. The Bertz CT molecular complexity index is 1970. The molecule has 3 heterocycles.